The van der Waals surface area contributed by atoms with E-state index in [4.69, 9.17) is 4.74 Å². The maximum Gasteiger partial charge on any atom is 0.410 e. The van der Waals surface area contributed by atoms with E-state index in [-0.39, 0.29) is 12.6 Å². The number of hydrogen-bond acceptors (Lipinski definition) is 5. The van der Waals surface area contributed by atoms with Crippen molar-refractivity contribution >= 4 is 29.5 Å². The summed E-state index contributed by atoms with van der Waals surface area (Å²) >= 11 is 0. The number of carbonyl (C=O) groups excluding carboxylic acids is 3. The molecule has 9 nitrogen and oxygen atoms in total. The van der Waals surface area contributed by atoms with Crippen molar-refractivity contribution in [3.8, 4) is 0 Å². The Balaban J connectivity index is 2.01. The number of carbonyl (C=O) groups is 3. The van der Waals surface area contributed by atoms with Gasteiger partial charge in [-0.3, -0.25) is 9.69 Å². The van der Waals surface area contributed by atoms with E-state index >= 15 is 0 Å². The summed E-state index contributed by atoms with van der Waals surface area (Å²) < 4.78 is 5.25. The zero-order chi connectivity index (χ0) is 18.8. The number of nitrogens with zero attached hydrogens (tertiary/aromatic N) is 2. The molecule has 1 atom stereocenters. The van der Waals surface area contributed by atoms with Crippen molar-refractivity contribution in [2.24, 2.45) is 0 Å². The van der Waals surface area contributed by atoms with Gasteiger partial charge in [-0.2, -0.15) is 0 Å². The third kappa shape index (κ3) is 4.82. The standard InChI is InChI=1S/C16H23N5O4/c1-9(21(5)15(24)25-16(2,3)4)13(22)20-12-7-6-10-11(18-12)8-17-14(23)19-10/h6-7,9H,8H2,1-5H3,(H2,17,19,23)(H,18,20,22). The molecule has 0 aliphatic carbocycles. The van der Waals surface area contributed by atoms with E-state index in [2.05, 4.69) is 20.9 Å². The summed E-state index contributed by atoms with van der Waals surface area (Å²) in [6, 6.07) is 2.21. The third-order valence-electron chi connectivity index (χ3n) is 3.53. The van der Waals surface area contributed by atoms with Crippen LogP contribution in [-0.4, -0.2) is 46.6 Å². The maximum atomic E-state index is 12.4. The number of pyridine rings is 1. The molecule has 0 saturated heterocycles. The van der Waals surface area contributed by atoms with Gasteiger partial charge in [-0.15, -0.1) is 0 Å². The van der Waals surface area contributed by atoms with Gasteiger partial charge in [0.15, 0.2) is 0 Å². The number of urea groups is 1. The van der Waals surface area contributed by atoms with E-state index in [0.717, 1.165) is 0 Å². The van der Waals surface area contributed by atoms with Crippen molar-refractivity contribution in [3.05, 3.63) is 17.8 Å². The second kappa shape index (κ2) is 6.96. The number of ether oxygens (including phenoxy) is 1. The summed E-state index contributed by atoms with van der Waals surface area (Å²) in [7, 11) is 1.50. The SMILES string of the molecule is CC(C(=O)Nc1ccc2c(n1)CNC(=O)N2)N(C)C(=O)OC(C)(C)C. The second-order valence-corrected chi connectivity index (χ2v) is 6.75. The molecule has 0 aromatic carbocycles. The normalized spacial score (nSPS) is 14.5. The van der Waals surface area contributed by atoms with Crippen LogP contribution < -0.4 is 16.0 Å². The van der Waals surface area contributed by atoms with E-state index in [1.165, 1.54) is 11.9 Å². The summed E-state index contributed by atoms with van der Waals surface area (Å²) in [6.45, 7) is 7.14. The van der Waals surface area contributed by atoms with E-state index in [9.17, 15) is 14.4 Å². The Morgan fingerprint density at radius 1 is 1.36 bits per heavy atom. The van der Waals surface area contributed by atoms with Crippen molar-refractivity contribution in [2.45, 2.75) is 45.9 Å². The summed E-state index contributed by atoms with van der Waals surface area (Å²) in [5, 5.41) is 7.89. The Morgan fingerprint density at radius 3 is 2.68 bits per heavy atom. The van der Waals surface area contributed by atoms with Gasteiger partial charge in [-0.1, -0.05) is 0 Å². The van der Waals surface area contributed by atoms with Gasteiger partial charge in [0.2, 0.25) is 5.91 Å². The predicted molar refractivity (Wildman–Crippen MR) is 92.2 cm³/mol. The zero-order valence-electron chi connectivity index (χ0n) is 15.0. The van der Waals surface area contributed by atoms with E-state index in [1.54, 1.807) is 39.8 Å². The van der Waals surface area contributed by atoms with E-state index in [1.807, 2.05) is 0 Å². The number of amides is 4. The first-order chi connectivity index (χ1) is 11.6. The van der Waals surface area contributed by atoms with Gasteiger partial charge < -0.3 is 20.7 Å². The smallest absolute Gasteiger partial charge is 0.410 e. The quantitative estimate of drug-likeness (QED) is 0.771. The molecule has 136 valence electrons. The van der Waals surface area contributed by atoms with E-state index in [0.29, 0.717) is 17.2 Å². The number of rotatable bonds is 3. The molecule has 0 radical (unpaired) electrons. The van der Waals surface area contributed by atoms with Gasteiger partial charge >= 0.3 is 12.1 Å². The van der Waals surface area contributed by atoms with Crippen LogP contribution in [0.25, 0.3) is 0 Å². The highest BCUT2D eigenvalue weighted by atomic mass is 16.6. The lowest BCUT2D eigenvalue weighted by atomic mass is 10.2. The highest BCUT2D eigenvalue weighted by Crippen LogP contribution is 2.19. The van der Waals surface area contributed by atoms with Crippen molar-refractivity contribution < 1.29 is 19.1 Å². The van der Waals surface area contributed by atoms with Gasteiger partial charge in [0, 0.05) is 7.05 Å². The van der Waals surface area contributed by atoms with Crippen LogP contribution in [0.15, 0.2) is 12.1 Å². The molecule has 0 bridgehead atoms. The Hall–Kier alpha value is -2.84. The first-order valence-corrected chi connectivity index (χ1v) is 7.88. The molecule has 1 unspecified atom stereocenters. The summed E-state index contributed by atoms with van der Waals surface area (Å²) in [5.74, 6) is -0.0558. The molecule has 3 N–H and O–H groups in total. The molecular weight excluding hydrogens is 326 g/mol. The van der Waals surface area contributed by atoms with E-state index < -0.39 is 23.6 Å². The number of anilines is 2. The first kappa shape index (κ1) is 18.5. The molecule has 0 saturated carbocycles. The lowest BCUT2D eigenvalue weighted by Crippen LogP contribution is -2.45. The highest BCUT2D eigenvalue weighted by Gasteiger charge is 2.27. The van der Waals surface area contributed by atoms with Crippen molar-refractivity contribution in [2.75, 3.05) is 17.7 Å². The number of likely N-dealkylation sites (N-methyl/N-ethyl adjacent to an activating group) is 1. The van der Waals surface area contributed by atoms with Gasteiger partial charge in [0.1, 0.15) is 17.5 Å². The molecule has 1 aromatic heterocycles. The molecule has 0 fully saturated rings. The monoisotopic (exact) mass is 349 g/mol. The summed E-state index contributed by atoms with van der Waals surface area (Å²) in [4.78, 5) is 41.2. The summed E-state index contributed by atoms with van der Waals surface area (Å²) in [5.41, 5.74) is 0.574. The largest absolute Gasteiger partial charge is 0.444 e. The number of nitrogens with one attached hydrogen (secondary N) is 3. The van der Waals surface area contributed by atoms with Crippen LogP contribution >= 0.6 is 0 Å². The molecule has 2 heterocycles. The minimum Gasteiger partial charge on any atom is -0.444 e. The van der Waals surface area contributed by atoms with Gasteiger partial charge in [0.25, 0.3) is 0 Å². The Morgan fingerprint density at radius 2 is 2.04 bits per heavy atom. The first-order valence-electron chi connectivity index (χ1n) is 7.88. The van der Waals surface area contributed by atoms with Crippen LogP contribution in [0.4, 0.5) is 21.1 Å². The third-order valence-corrected chi connectivity index (χ3v) is 3.53. The lowest BCUT2D eigenvalue weighted by molar-refractivity contribution is -0.120. The number of fused-ring (bicyclic) bond motifs is 1. The van der Waals surface area contributed by atoms with Gasteiger partial charge in [0.05, 0.1) is 17.9 Å². The van der Waals surface area contributed by atoms with Crippen molar-refractivity contribution in [1.82, 2.24) is 15.2 Å². The molecule has 9 heteroatoms. The number of hydrogen-bond donors (Lipinski definition) is 3. The average molecular weight is 349 g/mol. The van der Waals surface area contributed by atoms with Crippen molar-refractivity contribution in [1.29, 1.82) is 0 Å². The fraction of sp³-hybridized carbons (Fsp3) is 0.500. The second-order valence-electron chi connectivity index (χ2n) is 6.75. The Labute approximate surface area is 146 Å². The Bertz CT molecular complexity index is 698. The lowest BCUT2D eigenvalue weighted by Gasteiger charge is -2.28. The fourth-order valence-corrected chi connectivity index (χ4v) is 2.05. The molecule has 0 spiro atoms. The van der Waals surface area contributed by atoms with Gasteiger partial charge in [-0.25, -0.2) is 14.6 Å². The molecule has 4 amide bonds. The average Bonchev–Trinajstić information content (AvgIpc) is 2.51. The molecular formula is C16H23N5O4. The fourth-order valence-electron chi connectivity index (χ4n) is 2.05. The topological polar surface area (TPSA) is 113 Å². The van der Waals surface area contributed by atoms with Gasteiger partial charge in [-0.05, 0) is 39.8 Å². The minimum atomic E-state index is -0.745. The van der Waals surface area contributed by atoms with Crippen LogP contribution in [0.1, 0.15) is 33.4 Å². The number of aromatic nitrogens is 1. The van der Waals surface area contributed by atoms with Crippen molar-refractivity contribution in [3.63, 3.8) is 0 Å². The van der Waals surface area contributed by atoms with Crippen LogP contribution in [0, 0.1) is 0 Å². The van der Waals surface area contributed by atoms with Crippen LogP contribution in [-0.2, 0) is 16.1 Å². The van der Waals surface area contributed by atoms with Crippen LogP contribution in [0.3, 0.4) is 0 Å². The zero-order valence-corrected chi connectivity index (χ0v) is 15.0. The summed E-state index contributed by atoms with van der Waals surface area (Å²) in [6.07, 6.45) is -0.583. The Kier molecular flexibility index (Phi) is 5.15. The molecule has 2 rings (SSSR count). The highest BCUT2D eigenvalue weighted by molar-refractivity contribution is 5.96. The maximum absolute atomic E-state index is 12.4. The molecule has 1 aliphatic rings. The molecule has 1 aliphatic heterocycles. The van der Waals surface area contributed by atoms with Crippen LogP contribution in [0.2, 0.25) is 0 Å². The predicted octanol–water partition coefficient (Wildman–Crippen LogP) is 1.91. The van der Waals surface area contributed by atoms with Crippen LogP contribution in [0.5, 0.6) is 0 Å². The molecule has 25 heavy (non-hydrogen) atoms. The molecule has 1 aromatic rings. The minimum absolute atomic E-state index is 0.276.